The Balaban J connectivity index is 1.31. The Hall–Kier alpha value is -5.12. The van der Waals surface area contributed by atoms with Crippen LogP contribution in [0, 0.1) is 0 Å². The number of rotatable bonds is 9. The van der Waals surface area contributed by atoms with Crippen LogP contribution < -0.4 is 15.6 Å². The summed E-state index contributed by atoms with van der Waals surface area (Å²) < 4.78 is 10.4. The van der Waals surface area contributed by atoms with Crippen LogP contribution in [0.4, 0.5) is 0 Å². The zero-order valence-corrected chi connectivity index (χ0v) is 20.9. The minimum Gasteiger partial charge on any atom is -0.497 e. The summed E-state index contributed by atoms with van der Waals surface area (Å²) in [7, 11) is 3.20. The number of allylic oxidation sites excluding steroid dienone is 3. The van der Waals surface area contributed by atoms with E-state index in [1.807, 2.05) is 30.4 Å². The van der Waals surface area contributed by atoms with Gasteiger partial charge in [0.2, 0.25) is 0 Å². The van der Waals surface area contributed by atoms with Crippen molar-refractivity contribution in [1.29, 1.82) is 0 Å². The first kappa shape index (κ1) is 26.0. The lowest BCUT2D eigenvalue weighted by Gasteiger charge is -2.09. The zero-order valence-electron chi connectivity index (χ0n) is 20.9. The molecule has 3 aromatic rings. The maximum absolute atomic E-state index is 12.4. The molecule has 2 heterocycles. The Bertz CT molecular complexity index is 1410. The third-order valence-electron chi connectivity index (χ3n) is 5.53. The number of hydrogen-bond donors (Lipinski definition) is 2. The molecule has 0 aliphatic heterocycles. The molecule has 38 heavy (non-hydrogen) atoms. The fourth-order valence-electron chi connectivity index (χ4n) is 3.49. The van der Waals surface area contributed by atoms with E-state index in [0.717, 1.165) is 29.7 Å². The number of ether oxygens (including phenoxy) is 2. The quantitative estimate of drug-likeness (QED) is 0.332. The number of nitrogens with zero attached hydrogens (tertiary/aromatic N) is 4. The molecule has 2 amide bonds. The minimum atomic E-state index is -0.401. The summed E-state index contributed by atoms with van der Waals surface area (Å²) in [6.45, 7) is 0. The molecule has 0 fully saturated rings. The van der Waals surface area contributed by atoms with Gasteiger partial charge < -0.3 is 9.47 Å². The van der Waals surface area contributed by atoms with Crippen molar-refractivity contribution in [2.75, 3.05) is 14.2 Å². The molecular formula is C28H26N6O4. The first-order chi connectivity index (χ1) is 18.6. The average molecular weight is 511 g/mol. The molecule has 1 aliphatic rings. The molecule has 4 rings (SSSR count). The second kappa shape index (κ2) is 12.7. The molecule has 0 atom stereocenters. The van der Waals surface area contributed by atoms with E-state index in [-0.39, 0.29) is 5.91 Å². The molecule has 0 unspecified atom stereocenters. The molecule has 0 saturated carbocycles. The van der Waals surface area contributed by atoms with Crippen LogP contribution in [0.2, 0.25) is 0 Å². The van der Waals surface area contributed by atoms with Gasteiger partial charge in [0.15, 0.2) is 0 Å². The fourth-order valence-corrected chi connectivity index (χ4v) is 3.49. The third kappa shape index (κ3) is 6.97. The van der Waals surface area contributed by atoms with Crippen LogP contribution in [0.1, 0.15) is 39.1 Å². The molecule has 0 saturated heterocycles. The number of nitrogens with one attached hydrogen (secondary N) is 2. The topological polar surface area (TPSA) is 127 Å². The third-order valence-corrected chi connectivity index (χ3v) is 5.53. The second-order valence-electron chi connectivity index (χ2n) is 8.11. The van der Waals surface area contributed by atoms with E-state index in [1.54, 1.807) is 50.8 Å². The van der Waals surface area contributed by atoms with Crippen molar-refractivity contribution >= 4 is 24.2 Å². The van der Waals surface area contributed by atoms with Crippen LogP contribution in [0.15, 0.2) is 94.6 Å². The summed E-state index contributed by atoms with van der Waals surface area (Å²) in [5.74, 6) is 0.697. The van der Waals surface area contributed by atoms with Gasteiger partial charge in [-0.3, -0.25) is 19.6 Å². The first-order valence-electron chi connectivity index (χ1n) is 11.7. The lowest BCUT2D eigenvalue weighted by atomic mass is 10.1. The van der Waals surface area contributed by atoms with Crippen LogP contribution in [-0.2, 0) is 4.74 Å². The number of pyridine rings is 2. The maximum atomic E-state index is 12.4. The summed E-state index contributed by atoms with van der Waals surface area (Å²) in [5, 5.41) is 8.00. The number of amides is 2. The number of aromatic nitrogens is 2. The van der Waals surface area contributed by atoms with E-state index in [9.17, 15) is 9.59 Å². The van der Waals surface area contributed by atoms with E-state index in [1.165, 1.54) is 18.6 Å². The summed E-state index contributed by atoms with van der Waals surface area (Å²) >= 11 is 0. The van der Waals surface area contributed by atoms with Crippen molar-refractivity contribution in [3.8, 4) is 17.1 Å². The highest BCUT2D eigenvalue weighted by Crippen LogP contribution is 2.17. The van der Waals surface area contributed by atoms with Gasteiger partial charge in [-0.25, -0.2) is 10.9 Å². The van der Waals surface area contributed by atoms with Gasteiger partial charge in [0, 0.05) is 12.4 Å². The number of methoxy groups -OCH3 is 2. The van der Waals surface area contributed by atoms with Crippen molar-refractivity contribution in [3.05, 3.63) is 101 Å². The SMILES string of the molecule is COC1=CCCC(/C=N/NC(=O)c2ccc(-c3ccc(C(=O)N/N=C/c4cccc(OC)c4)cn3)nc2)=C1. The number of hydrazone groups is 2. The molecule has 2 N–H and O–H groups in total. The highest BCUT2D eigenvalue weighted by Gasteiger charge is 2.10. The van der Waals surface area contributed by atoms with Crippen molar-refractivity contribution in [1.82, 2.24) is 20.8 Å². The Labute approximate surface area is 219 Å². The van der Waals surface area contributed by atoms with E-state index in [4.69, 9.17) is 9.47 Å². The van der Waals surface area contributed by atoms with Gasteiger partial charge in [-0.05, 0) is 72.5 Å². The monoisotopic (exact) mass is 510 g/mol. The number of hydrogen-bond acceptors (Lipinski definition) is 8. The van der Waals surface area contributed by atoms with Gasteiger partial charge in [-0.15, -0.1) is 0 Å². The van der Waals surface area contributed by atoms with Gasteiger partial charge in [0.05, 0.1) is 49.2 Å². The standard InChI is InChI=1S/C28H26N6O4/c1-37-23-7-3-5-19(13-23)15-31-33-27(35)21-9-11-25(29-17-21)26-12-10-22(18-30-26)28(36)34-32-16-20-6-4-8-24(14-20)38-2/h3,5,7-18H,4,6H2,1-2H3,(H,33,35)(H,34,36)/b31-15+,32-16+. The number of benzene rings is 1. The highest BCUT2D eigenvalue weighted by molar-refractivity contribution is 5.95. The zero-order chi connectivity index (χ0) is 26.7. The Morgan fingerprint density at radius 1 is 0.868 bits per heavy atom. The number of carbonyl (C=O) groups is 2. The Morgan fingerprint density at radius 3 is 2.11 bits per heavy atom. The van der Waals surface area contributed by atoms with Crippen LogP contribution in [0.5, 0.6) is 5.75 Å². The summed E-state index contributed by atoms with van der Waals surface area (Å²) in [4.78, 5) is 33.4. The molecule has 0 spiro atoms. The van der Waals surface area contributed by atoms with E-state index >= 15 is 0 Å². The molecule has 10 heteroatoms. The van der Waals surface area contributed by atoms with Crippen LogP contribution in [-0.4, -0.2) is 48.4 Å². The maximum Gasteiger partial charge on any atom is 0.272 e. The van der Waals surface area contributed by atoms with Crippen molar-refractivity contribution in [2.24, 2.45) is 10.2 Å². The van der Waals surface area contributed by atoms with Crippen molar-refractivity contribution < 1.29 is 19.1 Å². The van der Waals surface area contributed by atoms with Gasteiger partial charge in [0.25, 0.3) is 11.8 Å². The van der Waals surface area contributed by atoms with Crippen LogP contribution in [0.25, 0.3) is 11.4 Å². The first-order valence-corrected chi connectivity index (χ1v) is 11.7. The predicted octanol–water partition coefficient (Wildman–Crippen LogP) is 3.88. The molecule has 192 valence electrons. The number of carbonyl (C=O) groups excluding carboxylic acids is 2. The largest absolute Gasteiger partial charge is 0.497 e. The second-order valence-corrected chi connectivity index (χ2v) is 8.11. The fraction of sp³-hybridized carbons (Fsp3) is 0.143. The summed E-state index contributed by atoms with van der Waals surface area (Å²) in [6.07, 6.45) is 11.6. The van der Waals surface area contributed by atoms with Crippen molar-refractivity contribution in [3.63, 3.8) is 0 Å². The van der Waals surface area contributed by atoms with Gasteiger partial charge in [-0.1, -0.05) is 12.1 Å². The van der Waals surface area contributed by atoms with Crippen molar-refractivity contribution in [2.45, 2.75) is 12.8 Å². The Kier molecular flexibility index (Phi) is 8.69. The summed E-state index contributed by atoms with van der Waals surface area (Å²) in [5.41, 5.74) is 8.52. The molecule has 10 nitrogen and oxygen atoms in total. The van der Waals surface area contributed by atoms with Gasteiger partial charge >= 0.3 is 0 Å². The van der Waals surface area contributed by atoms with Gasteiger partial charge in [-0.2, -0.15) is 10.2 Å². The highest BCUT2D eigenvalue weighted by atomic mass is 16.5. The normalized spacial score (nSPS) is 13.1. The molecule has 0 bridgehead atoms. The molecule has 0 radical (unpaired) electrons. The molecule has 1 aromatic carbocycles. The van der Waals surface area contributed by atoms with E-state index in [0.29, 0.717) is 28.3 Å². The molecule has 2 aromatic heterocycles. The van der Waals surface area contributed by atoms with Crippen LogP contribution >= 0.6 is 0 Å². The molecular weight excluding hydrogens is 484 g/mol. The van der Waals surface area contributed by atoms with E-state index in [2.05, 4.69) is 31.0 Å². The van der Waals surface area contributed by atoms with E-state index < -0.39 is 5.91 Å². The Morgan fingerprint density at radius 2 is 1.53 bits per heavy atom. The average Bonchev–Trinajstić information content (AvgIpc) is 2.97. The molecule has 1 aliphatic carbocycles. The predicted molar refractivity (Wildman–Crippen MR) is 144 cm³/mol. The lowest BCUT2D eigenvalue weighted by Crippen LogP contribution is -2.18. The van der Waals surface area contributed by atoms with Gasteiger partial charge in [0.1, 0.15) is 11.5 Å². The van der Waals surface area contributed by atoms with Crippen LogP contribution in [0.3, 0.4) is 0 Å². The lowest BCUT2D eigenvalue weighted by molar-refractivity contribution is 0.0946. The summed E-state index contributed by atoms with van der Waals surface area (Å²) in [6, 6.07) is 13.9. The minimum absolute atomic E-state index is 0.339. The smallest absolute Gasteiger partial charge is 0.272 e.